The molecule has 0 radical (unpaired) electrons. The summed E-state index contributed by atoms with van der Waals surface area (Å²) in [6.07, 6.45) is 1.99. The van der Waals surface area contributed by atoms with Crippen LogP contribution >= 0.6 is 11.3 Å². The average molecular weight is 314 g/mol. The summed E-state index contributed by atoms with van der Waals surface area (Å²) in [6.45, 7) is 8.28. The van der Waals surface area contributed by atoms with Gasteiger partial charge >= 0.3 is 5.97 Å². The van der Waals surface area contributed by atoms with Crippen molar-refractivity contribution < 1.29 is 9.53 Å². The standard InChI is InChI=1S/C17H18N2O2S/c1-5-21-16(20)15-12(4)19-9-14(18-17(19)22-15)13-7-6-10(2)8-11(13)3/h6-9H,5H2,1-4H3. The number of hydrogen-bond donors (Lipinski definition) is 0. The van der Waals surface area contributed by atoms with Crippen LogP contribution in [0.15, 0.2) is 24.4 Å². The number of ether oxygens (including phenoxy) is 1. The van der Waals surface area contributed by atoms with E-state index >= 15 is 0 Å². The fourth-order valence-electron chi connectivity index (χ4n) is 2.57. The van der Waals surface area contributed by atoms with Gasteiger partial charge in [0.05, 0.1) is 12.3 Å². The number of fused-ring (bicyclic) bond motifs is 1. The molecule has 0 atom stereocenters. The lowest BCUT2D eigenvalue weighted by molar-refractivity contribution is 0.0531. The lowest BCUT2D eigenvalue weighted by atomic mass is 10.0. The lowest BCUT2D eigenvalue weighted by Gasteiger charge is -2.03. The first-order valence-corrected chi connectivity index (χ1v) is 8.06. The van der Waals surface area contributed by atoms with Gasteiger partial charge in [0.1, 0.15) is 4.88 Å². The first-order valence-electron chi connectivity index (χ1n) is 7.24. The van der Waals surface area contributed by atoms with Crippen molar-refractivity contribution in [2.45, 2.75) is 27.7 Å². The minimum atomic E-state index is -0.274. The van der Waals surface area contributed by atoms with Crippen LogP contribution in [0.3, 0.4) is 0 Å². The molecule has 4 nitrogen and oxygen atoms in total. The van der Waals surface area contributed by atoms with E-state index < -0.39 is 0 Å². The fraction of sp³-hybridized carbons (Fsp3) is 0.294. The molecule has 0 aliphatic rings. The maximum atomic E-state index is 11.9. The minimum Gasteiger partial charge on any atom is -0.462 e. The molecular formula is C17H18N2O2S. The molecule has 0 saturated heterocycles. The van der Waals surface area contributed by atoms with E-state index in [0.717, 1.165) is 21.9 Å². The van der Waals surface area contributed by atoms with Crippen LogP contribution in [0.25, 0.3) is 16.2 Å². The molecular weight excluding hydrogens is 296 g/mol. The van der Waals surface area contributed by atoms with Crippen molar-refractivity contribution in [1.82, 2.24) is 9.38 Å². The highest BCUT2D eigenvalue weighted by Crippen LogP contribution is 2.29. The van der Waals surface area contributed by atoms with Crippen LogP contribution in [0.5, 0.6) is 0 Å². The predicted molar refractivity (Wildman–Crippen MR) is 88.7 cm³/mol. The van der Waals surface area contributed by atoms with Crippen LogP contribution in [-0.2, 0) is 4.74 Å². The molecule has 0 bridgehead atoms. The Morgan fingerprint density at radius 2 is 2.09 bits per heavy atom. The molecule has 0 unspecified atom stereocenters. The Hall–Kier alpha value is -2.14. The SMILES string of the molecule is CCOC(=O)c1sc2nc(-c3ccc(C)cc3C)cn2c1C. The first kappa shape index (κ1) is 14.8. The molecule has 22 heavy (non-hydrogen) atoms. The van der Waals surface area contributed by atoms with Crippen molar-refractivity contribution in [3.8, 4) is 11.3 Å². The first-order chi connectivity index (χ1) is 10.5. The number of carbonyl (C=O) groups excluding carboxylic acids is 1. The molecule has 1 aromatic carbocycles. The molecule has 2 heterocycles. The lowest BCUT2D eigenvalue weighted by Crippen LogP contribution is -2.04. The van der Waals surface area contributed by atoms with Crippen molar-refractivity contribution in [2.75, 3.05) is 6.61 Å². The van der Waals surface area contributed by atoms with Crippen molar-refractivity contribution in [3.05, 3.63) is 46.1 Å². The van der Waals surface area contributed by atoms with Gasteiger partial charge in [-0.05, 0) is 33.3 Å². The van der Waals surface area contributed by atoms with Crippen LogP contribution in [0.2, 0.25) is 0 Å². The second kappa shape index (κ2) is 5.57. The Kier molecular flexibility index (Phi) is 3.74. The number of aryl methyl sites for hydroxylation is 3. The van der Waals surface area contributed by atoms with E-state index in [1.807, 2.05) is 24.4 Å². The number of rotatable bonds is 3. The number of imidazole rings is 1. The third-order valence-electron chi connectivity index (χ3n) is 3.68. The summed E-state index contributed by atoms with van der Waals surface area (Å²) >= 11 is 1.37. The Balaban J connectivity index is 2.06. The van der Waals surface area contributed by atoms with Gasteiger partial charge in [0.25, 0.3) is 0 Å². The molecule has 0 fully saturated rings. The highest BCUT2D eigenvalue weighted by molar-refractivity contribution is 7.19. The molecule has 2 aromatic heterocycles. The highest BCUT2D eigenvalue weighted by atomic mass is 32.1. The van der Waals surface area contributed by atoms with Gasteiger partial charge in [-0.2, -0.15) is 0 Å². The maximum Gasteiger partial charge on any atom is 0.350 e. The zero-order valence-electron chi connectivity index (χ0n) is 13.1. The molecule has 0 aliphatic heterocycles. The van der Waals surface area contributed by atoms with Gasteiger partial charge < -0.3 is 4.74 Å². The van der Waals surface area contributed by atoms with Gasteiger partial charge in [0.15, 0.2) is 4.96 Å². The summed E-state index contributed by atoms with van der Waals surface area (Å²) in [5.41, 5.74) is 5.37. The van der Waals surface area contributed by atoms with Crippen LogP contribution in [0.4, 0.5) is 0 Å². The predicted octanol–water partition coefficient (Wildman–Crippen LogP) is 4.16. The van der Waals surface area contributed by atoms with Crippen LogP contribution in [0, 0.1) is 20.8 Å². The number of thiazole rings is 1. The molecule has 0 spiro atoms. The zero-order valence-corrected chi connectivity index (χ0v) is 14.0. The number of carbonyl (C=O) groups is 1. The van der Waals surface area contributed by atoms with Crippen LogP contribution in [-0.4, -0.2) is 22.0 Å². The maximum absolute atomic E-state index is 11.9. The van der Waals surface area contributed by atoms with E-state index in [4.69, 9.17) is 4.74 Å². The Labute approximate surface area is 133 Å². The topological polar surface area (TPSA) is 43.6 Å². The number of nitrogens with zero attached hydrogens (tertiary/aromatic N) is 2. The van der Waals surface area contributed by atoms with E-state index in [1.54, 1.807) is 0 Å². The van der Waals surface area contributed by atoms with Crippen molar-refractivity contribution in [2.24, 2.45) is 0 Å². The second-order valence-electron chi connectivity index (χ2n) is 5.33. The number of aromatic nitrogens is 2. The van der Waals surface area contributed by atoms with Gasteiger partial charge in [-0.3, -0.25) is 4.40 Å². The van der Waals surface area contributed by atoms with E-state index in [0.29, 0.717) is 11.5 Å². The fourth-order valence-corrected chi connectivity index (χ4v) is 3.57. The summed E-state index contributed by atoms with van der Waals surface area (Å²) in [5.74, 6) is -0.274. The third kappa shape index (κ3) is 2.41. The van der Waals surface area contributed by atoms with Gasteiger partial charge in [-0.1, -0.05) is 35.1 Å². The average Bonchev–Trinajstić information content (AvgIpc) is 2.99. The molecule has 114 valence electrons. The summed E-state index contributed by atoms with van der Waals surface area (Å²) in [4.78, 5) is 18.0. The van der Waals surface area contributed by atoms with Gasteiger partial charge in [0.2, 0.25) is 0 Å². The van der Waals surface area contributed by atoms with E-state index in [-0.39, 0.29) is 5.97 Å². The molecule has 3 rings (SSSR count). The van der Waals surface area contributed by atoms with E-state index in [2.05, 4.69) is 37.0 Å². The van der Waals surface area contributed by atoms with Crippen molar-refractivity contribution in [3.63, 3.8) is 0 Å². The van der Waals surface area contributed by atoms with Gasteiger partial charge in [-0.15, -0.1) is 0 Å². The second-order valence-corrected chi connectivity index (χ2v) is 6.31. The van der Waals surface area contributed by atoms with Crippen molar-refractivity contribution >= 4 is 22.3 Å². The number of benzene rings is 1. The summed E-state index contributed by atoms with van der Waals surface area (Å²) in [7, 11) is 0. The third-order valence-corrected chi connectivity index (χ3v) is 4.81. The largest absolute Gasteiger partial charge is 0.462 e. The molecule has 0 N–H and O–H groups in total. The number of hydrogen-bond acceptors (Lipinski definition) is 4. The Morgan fingerprint density at radius 3 is 2.73 bits per heavy atom. The zero-order chi connectivity index (χ0) is 15.9. The highest BCUT2D eigenvalue weighted by Gasteiger charge is 2.19. The Bertz CT molecular complexity index is 861. The number of esters is 1. The summed E-state index contributed by atoms with van der Waals surface area (Å²) in [6, 6.07) is 6.34. The Morgan fingerprint density at radius 1 is 1.32 bits per heavy atom. The monoisotopic (exact) mass is 314 g/mol. The van der Waals surface area contributed by atoms with Crippen molar-refractivity contribution in [1.29, 1.82) is 0 Å². The van der Waals surface area contributed by atoms with E-state index in [9.17, 15) is 4.79 Å². The summed E-state index contributed by atoms with van der Waals surface area (Å²) in [5, 5.41) is 0. The molecule has 5 heteroatoms. The quantitative estimate of drug-likeness (QED) is 0.682. The van der Waals surface area contributed by atoms with E-state index in [1.165, 1.54) is 22.5 Å². The van der Waals surface area contributed by atoms with Crippen LogP contribution in [0.1, 0.15) is 33.4 Å². The molecule has 0 amide bonds. The minimum absolute atomic E-state index is 0.274. The van der Waals surface area contributed by atoms with Gasteiger partial charge in [-0.25, -0.2) is 9.78 Å². The molecule has 3 aromatic rings. The normalized spacial score (nSPS) is 11.1. The van der Waals surface area contributed by atoms with Crippen LogP contribution < -0.4 is 0 Å². The molecule has 0 saturated carbocycles. The smallest absolute Gasteiger partial charge is 0.350 e. The molecule has 0 aliphatic carbocycles. The summed E-state index contributed by atoms with van der Waals surface area (Å²) < 4.78 is 7.05. The van der Waals surface area contributed by atoms with Gasteiger partial charge in [0, 0.05) is 17.5 Å².